The molecule has 16 atom stereocenters. The summed E-state index contributed by atoms with van der Waals surface area (Å²) in [5.41, 5.74) is 15.6. The minimum atomic E-state index is -6.14. The second-order valence-corrected chi connectivity index (χ2v) is 26.6. The highest BCUT2D eigenvalue weighted by Crippen LogP contribution is 2.72. The molecule has 6 aromatic rings. The Labute approximate surface area is 450 Å². The Bertz CT molecular complexity index is 3660. The minimum Gasteiger partial charge on any atom is -0.756 e. The van der Waals surface area contributed by atoms with E-state index in [1.54, 1.807) is 0 Å². The number of nitrogen functional groups attached to an aromatic ring is 3. The maximum atomic E-state index is 13.7. The number of ether oxygens (including phenoxy) is 4. The van der Waals surface area contributed by atoms with Crippen molar-refractivity contribution in [3.8, 4) is 0 Å². The first-order valence-corrected chi connectivity index (χ1v) is 30.6. The fraction of sp³-hybridized carbons (Fsp3) is 0.556. The largest absolute Gasteiger partial charge is 0.756 e. The number of fused-ring (bicyclic) bond motifs is 3. The van der Waals surface area contributed by atoms with Gasteiger partial charge in [0, 0.05) is 39.3 Å². The number of aliphatic hydroxyl groups is 3. The Morgan fingerprint density at radius 1 is 0.775 bits per heavy atom. The molecule has 39 nitrogen and oxygen atoms in total. The number of nitrogens with two attached hydrogens (primary N) is 3. The Kier molecular flexibility index (Phi) is 16.7. The van der Waals surface area contributed by atoms with Crippen LogP contribution in [0.5, 0.6) is 0 Å². The predicted molar refractivity (Wildman–Crippen MR) is 264 cm³/mol. The molecule has 14 N–H and O–H groups in total. The maximum Gasteiger partial charge on any atom is 0.488 e. The number of carbonyl (C=O) groups is 1. The number of hydrogen-bond acceptors (Lipinski definition) is 30. The van der Waals surface area contributed by atoms with E-state index in [-0.39, 0.29) is 62.6 Å². The number of aliphatic hydroxyl groups excluding tert-OH is 3. The summed E-state index contributed by atoms with van der Waals surface area (Å²) in [5, 5.41) is 33.3. The summed E-state index contributed by atoms with van der Waals surface area (Å²) in [5.74, 6) is -3.36. The van der Waals surface area contributed by atoms with Crippen molar-refractivity contribution in [2.75, 3.05) is 57.4 Å². The lowest BCUT2D eigenvalue weighted by atomic mass is 9.94. The second-order valence-electron chi connectivity index (χ2n) is 18.1. The summed E-state index contributed by atoms with van der Waals surface area (Å²) in [6, 6.07) is 0. The molecule has 1 amide bonds. The van der Waals surface area contributed by atoms with Gasteiger partial charge >= 0.3 is 28.0 Å². The molecule has 0 spiro atoms. The Morgan fingerprint density at radius 3 is 2.08 bits per heavy atom. The molecule has 438 valence electrons. The van der Waals surface area contributed by atoms with Gasteiger partial charge in [0.25, 0.3) is 24.5 Å². The minimum absolute atomic E-state index is 0.00293. The number of hydrogen-bond donors (Lipinski definition) is 11. The number of aromatic amines is 2. The molecule has 4 unspecified atom stereocenters. The van der Waals surface area contributed by atoms with E-state index in [4.69, 9.17) is 49.7 Å². The fourth-order valence-electron chi connectivity index (χ4n) is 9.01. The molecular weight excluding hydrogens is 1180 g/mol. The van der Waals surface area contributed by atoms with Crippen LogP contribution in [-0.2, 0) is 71.2 Å². The number of nitrogens with one attached hydrogen (secondary N) is 2. The van der Waals surface area contributed by atoms with Crippen LogP contribution in [0, 0.1) is 5.92 Å². The quantitative estimate of drug-likeness (QED) is 0.0242. The second kappa shape index (κ2) is 22.5. The first-order chi connectivity index (χ1) is 37.5. The lowest BCUT2D eigenvalue weighted by Crippen LogP contribution is -2.38. The molecule has 3 aliphatic heterocycles. The molecule has 3 aliphatic rings. The molecule has 9 rings (SSSR count). The van der Waals surface area contributed by atoms with Crippen molar-refractivity contribution >= 4 is 98.8 Å². The summed E-state index contributed by atoms with van der Waals surface area (Å²) in [4.78, 5) is 114. The van der Waals surface area contributed by atoms with E-state index in [9.17, 15) is 67.5 Å². The monoisotopic (exact) mass is 1230 g/mol. The lowest BCUT2D eigenvalue weighted by molar-refractivity contribution is -0.646. The number of amides is 1. The van der Waals surface area contributed by atoms with Gasteiger partial charge in [-0.25, -0.2) is 38.2 Å². The van der Waals surface area contributed by atoms with Crippen LogP contribution in [0.2, 0.25) is 0 Å². The van der Waals surface area contributed by atoms with Gasteiger partial charge in [-0.05, 0) is 11.4 Å². The Hall–Kier alpha value is -5.25. The molecule has 3 fully saturated rings. The van der Waals surface area contributed by atoms with E-state index >= 15 is 0 Å². The normalized spacial score (nSPS) is 29.2. The topological polar surface area (TPSA) is 556 Å². The van der Waals surface area contributed by atoms with Crippen molar-refractivity contribution in [3.05, 3.63) is 46.0 Å². The highest BCUT2D eigenvalue weighted by molar-refractivity contribution is 8.55. The molecule has 0 saturated carbocycles. The van der Waals surface area contributed by atoms with Crippen molar-refractivity contribution in [1.29, 1.82) is 0 Å². The molecular formula is C36H50N16O23P4S. The van der Waals surface area contributed by atoms with Gasteiger partial charge in [-0.15, -0.1) is 0 Å². The third-order valence-corrected chi connectivity index (χ3v) is 20.2. The van der Waals surface area contributed by atoms with E-state index in [1.807, 2.05) is 0 Å². The number of phosphoric acid groups is 3. The number of H-pyrrole nitrogens is 2. The standard InChI is InChI=1S/C36H50N16O23P4S/c1-48(2)17(53)5-13-14(70-32(21(13)54)52-12-49(3)20-29(52)45-36(39)47-31(20)58)6-69-77(61,62)74-78(63,64)75-79(65,66)80-8-16-24(25(67-4)34(72-16)50-10-42-18-26(37)40-9-41-27(18)50)73-76(59,60)68-7-15-22(55)23(56)33(71-15)51-11-43-19-28(51)44-35(38)46-30(19)57/h9-16,21-25,32-34,54-56H,5-8H2,1-4H3,(H11-,37,38,39,40,41,44,45,46,47,57,58,59,60,61,62,63,64,65,66)/t13-,14-,15-,16-,21-,22-,23-,24-,25-,32-,33-,34-/m1/s1. The first-order valence-electron chi connectivity index (χ1n) is 23.0. The lowest BCUT2D eigenvalue weighted by Gasteiger charge is -2.31. The number of nitrogens with zero attached hydrogens (tertiary/aromatic N) is 11. The molecule has 0 aliphatic carbocycles. The number of aryl methyl sites for hydroxylation is 1. The third kappa shape index (κ3) is 12.1. The summed E-state index contributed by atoms with van der Waals surface area (Å²) in [7, 11) is -12.3. The molecule has 0 aromatic carbocycles. The summed E-state index contributed by atoms with van der Waals surface area (Å²) in [6.07, 6.45) is -13.6. The molecule has 3 saturated heterocycles. The van der Waals surface area contributed by atoms with Crippen molar-refractivity contribution in [2.45, 2.75) is 73.9 Å². The molecule has 9 heterocycles. The van der Waals surface area contributed by atoms with Gasteiger partial charge in [-0.2, -0.15) is 23.2 Å². The fourth-order valence-corrected chi connectivity index (χ4v) is 15.9. The number of aromatic nitrogens is 12. The van der Waals surface area contributed by atoms with Crippen LogP contribution >= 0.6 is 41.6 Å². The number of imidazole rings is 3. The van der Waals surface area contributed by atoms with E-state index in [0.717, 1.165) is 30.7 Å². The molecule has 0 bridgehead atoms. The van der Waals surface area contributed by atoms with Crippen LogP contribution in [-0.4, -0.2) is 183 Å². The summed E-state index contributed by atoms with van der Waals surface area (Å²) >= 11 is -0.188. The van der Waals surface area contributed by atoms with Crippen molar-refractivity contribution < 1.29 is 104 Å². The van der Waals surface area contributed by atoms with E-state index in [2.05, 4.69) is 48.5 Å². The van der Waals surface area contributed by atoms with Crippen LogP contribution in [0.25, 0.3) is 33.5 Å². The van der Waals surface area contributed by atoms with Crippen molar-refractivity contribution in [1.82, 2.24) is 58.5 Å². The molecule has 0 radical (unpaired) electrons. The van der Waals surface area contributed by atoms with E-state index < -0.39 is 146 Å². The summed E-state index contributed by atoms with van der Waals surface area (Å²) in [6.45, 7) is -7.66. The van der Waals surface area contributed by atoms with E-state index in [1.165, 1.54) is 46.1 Å². The van der Waals surface area contributed by atoms with Gasteiger partial charge < -0.3 is 85.0 Å². The zero-order chi connectivity index (χ0) is 58.1. The van der Waals surface area contributed by atoms with Gasteiger partial charge in [0.05, 0.1) is 45.1 Å². The van der Waals surface area contributed by atoms with Crippen LogP contribution in [0.4, 0.5) is 17.7 Å². The highest BCUT2D eigenvalue weighted by Gasteiger charge is 2.53. The van der Waals surface area contributed by atoms with Gasteiger partial charge in [0.1, 0.15) is 48.5 Å². The van der Waals surface area contributed by atoms with Crippen molar-refractivity contribution in [2.24, 2.45) is 13.0 Å². The third-order valence-electron chi connectivity index (χ3n) is 12.6. The van der Waals surface area contributed by atoms with Gasteiger partial charge in [-0.3, -0.25) is 42.6 Å². The van der Waals surface area contributed by atoms with Crippen LogP contribution in [0.3, 0.4) is 0 Å². The van der Waals surface area contributed by atoms with Crippen molar-refractivity contribution in [3.63, 3.8) is 0 Å². The zero-order valence-corrected chi connectivity index (χ0v) is 45.9. The number of methoxy groups -OCH3 is 1. The number of rotatable bonds is 21. The van der Waals surface area contributed by atoms with E-state index in [0.29, 0.717) is 0 Å². The SMILES string of the molecule is CO[C@@H]1[C@H](OP(=O)([O-])OC[C@H]2O[C@@H](n3cnc4c(=O)[nH]c(N)nc43)[C@H](O)[C@@H]2O)[C@@H](CSP(=O)(O)OP(=O)(O)OP(=O)(O)OC[C@H]2O[C@@H](n3c[n+](C)c4c(=O)[nH]c(N)nc43)[C@H](O)[C@@H]2CC(=O)N(C)C)O[C@H]1n1cnc2c(N)ncnc21. The molecule has 6 aromatic heterocycles. The van der Waals surface area contributed by atoms with Crippen LogP contribution in [0.1, 0.15) is 25.1 Å². The first kappa shape index (κ1) is 59.4. The van der Waals surface area contributed by atoms with Crippen LogP contribution in [0.15, 0.2) is 34.9 Å². The number of anilines is 3. The van der Waals surface area contributed by atoms with Gasteiger partial charge in [0.2, 0.25) is 30.4 Å². The average molecular weight is 1230 g/mol. The van der Waals surface area contributed by atoms with Gasteiger partial charge in [-0.1, -0.05) is 0 Å². The summed E-state index contributed by atoms with van der Waals surface area (Å²) < 4.78 is 106. The van der Waals surface area contributed by atoms with Crippen LogP contribution < -0.4 is 37.8 Å². The zero-order valence-electron chi connectivity index (χ0n) is 41.5. The van der Waals surface area contributed by atoms with Gasteiger partial charge in [0.15, 0.2) is 35.1 Å². The average Bonchev–Trinajstić information content (AvgIpc) is 4.23. The molecule has 44 heteroatoms. The predicted octanol–water partition coefficient (Wildman–Crippen LogP) is -3.89. The Balaban J connectivity index is 0.879. The Morgan fingerprint density at radius 2 is 1.39 bits per heavy atom. The maximum absolute atomic E-state index is 13.7. The molecule has 80 heavy (non-hydrogen) atoms. The highest BCUT2D eigenvalue weighted by atomic mass is 32.7. The smallest absolute Gasteiger partial charge is 0.488 e. The number of carbonyl (C=O) groups excluding carboxylic acids is 1. The number of phosphoric ester groups is 2.